The van der Waals surface area contributed by atoms with Crippen LogP contribution >= 0.6 is 31.9 Å². The highest BCUT2D eigenvalue weighted by atomic mass is 79.9. The predicted octanol–water partition coefficient (Wildman–Crippen LogP) is 3.98. The number of nitro benzene ring substituents is 1. The molecule has 0 aliphatic carbocycles. The van der Waals surface area contributed by atoms with Crippen LogP contribution in [0.1, 0.15) is 5.56 Å². The molecule has 0 saturated carbocycles. The van der Waals surface area contributed by atoms with E-state index in [9.17, 15) is 10.1 Å². The van der Waals surface area contributed by atoms with Crippen molar-refractivity contribution in [2.75, 3.05) is 5.43 Å². The molecule has 0 spiro atoms. The number of non-ortho nitro benzene ring substituents is 1. The van der Waals surface area contributed by atoms with E-state index in [2.05, 4.69) is 37.3 Å². The summed E-state index contributed by atoms with van der Waals surface area (Å²) in [7, 11) is 0. The van der Waals surface area contributed by atoms with E-state index in [1.54, 1.807) is 6.07 Å². The van der Waals surface area contributed by atoms with Gasteiger partial charge in [-0.1, -0.05) is 6.07 Å². The lowest BCUT2D eigenvalue weighted by Crippen LogP contribution is -2.11. The molecule has 0 radical (unpaired) electrons. The number of hydrogen-bond acceptors (Lipinski definition) is 5. The Kier molecular flexibility index (Phi) is 5.16. The molecule has 6 nitrogen and oxygen atoms in total. The lowest BCUT2D eigenvalue weighted by atomic mass is 10.1. The van der Waals surface area contributed by atoms with Crippen LogP contribution in [-0.4, -0.2) is 4.92 Å². The number of nitrogens with zero attached hydrogens (tertiary/aromatic N) is 1. The Morgan fingerprint density at radius 3 is 2.48 bits per heavy atom. The minimum atomic E-state index is -0.460. The molecule has 0 amide bonds. The summed E-state index contributed by atoms with van der Waals surface area (Å²) in [4.78, 5) is 10.4. The number of para-hydroxylation sites is 1. The molecule has 0 aliphatic heterocycles. The largest absolute Gasteiger partial charge is 0.486 e. The zero-order valence-corrected chi connectivity index (χ0v) is 13.8. The predicted molar refractivity (Wildman–Crippen MR) is 87.1 cm³/mol. The average Bonchev–Trinajstić information content (AvgIpc) is 2.46. The topological polar surface area (TPSA) is 90.4 Å². The molecular weight excluding hydrogens is 406 g/mol. The molecule has 0 heterocycles. The van der Waals surface area contributed by atoms with Crippen molar-refractivity contribution in [1.82, 2.24) is 0 Å². The molecule has 8 heteroatoms. The van der Waals surface area contributed by atoms with Crippen molar-refractivity contribution < 1.29 is 9.66 Å². The Hall–Kier alpha value is -1.64. The van der Waals surface area contributed by atoms with E-state index in [0.29, 0.717) is 17.0 Å². The van der Waals surface area contributed by atoms with E-state index in [4.69, 9.17) is 10.6 Å². The van der Waals surface area contributed by atoms with Crippen LogP contribution in [0.5, 0.6) is 5.75 Å². The number of halogens is 2. The lowest BCUT2D eigenvalue weighted by molar-refractivity contribution is -0.384. The monoisotopic (exact) mass is 415 g/mol. The Morgan fingerprint density at radius 2 is 1.90 bits per heavy atom. The summed E-state index contributed by atoms with van der Waals surface area (Å²) in [5, 5.41) is 10.8. The Balaban J connectivity index is 2.26. The molecule has 0 fully saturated rings. The number of nitrogens with one attached hydrogen (secondary N) is 1. The zero-order chi connectivity index (χ0) is 15.4. The first-order valence-corrected chi connectivity index (χ1v) is 7.42. The lowest BCUT2D eigenvalue weighted by Gasteiger charge is -2.12. The fourth-order valence-corrected chi connectivity index (χ4v) is 2.95. The first kappa shape index (κ1) is 15.7. The van der Waals surface area contributed by atoms with Gasteiger partial charge >= 0.3 is 0 Å². The van der Waals surface area contributed by atoms with E-state index in [-0.39, 0.29) is 12.3 Å². The third kappa shape index (κ3) is 3.72. The molecule has 110 valence electrons. The van der Waals surface area contributed by atoms with Crippen molar-refractivity contribution in [2.45, 2.75) is 6.61 Å². The van der Waals surface area contributed by atoms with Crippen molar-refractivity contribution in [1.29, 1.82) is 0 Å². The van der Waals surface area contributed by atoms with Crippen LogP contribution < -0.4 is 16.0 Å². The van der Waals surface area contributed by atoms with Gasteiger partial charge in [-0.05, 0) is 50.1 Å². The summed E-state index contributed by atoms with van der Waals surface area (Å²) in [6.45, 7) is 0.141. The highest BCUT2D eigenvalue weighted by molar-refractivity contribution is 9.11. The molecule has 2 rings (SSSR count). The van der Waals surface area contributed by atoms with Crippen molar-refractivity contribution in [3.8, 4) is 5.75 Å². The van der Waals surface area contributed by atoms with Gasteiger partial charge in [0.2, 0.25) is 0 Å². The highest BCUT2D eigenvalue weighted by Crippen LogP contribution is 2.34. The van der Waals surface area contributed by atoms with Crippen LogP contribution in [0.25, 0.3) is 0 Å². The highest BCUT2D eigenvalue weighted by Gasteiger charge is 2.12. The van der Waals surface area contributed by atoms with Gasteiger partial charge in [0, 0.05) is 17.7 Å². The molecule has 21 heavy (non-hydrogen) atoms. The maximum absolute atomic E-state index is 10.8. The molecule has 0 aromatic heterocycles. The number of hydrazine groups is 1. The van der Waals surface area contributed by atoms with Gasteiger partial charge in [-0.2, -0.15) is 0 Å². The third-order valence-corrected chi connectivity index (χ3v) is 3.99. The van der Waals surface area contributed by atoms with Gasteiger partial charge in [0.05, 0.1) is 19.6 Å². The molecule has 0 saturated heterocycles. The minimum absolute atomic E-state index is 0.0150. The van der Waals surface area contributed by atoms with Gasteiger partial charge in [-0.3, -0.25) is 16.0 Å². The summed E-state index contributed by atoms with van der Waals surface area (Å²) < 4.78 is 7.28. The van der Waals surface area contributed by atoms with Crippen LogP contribution in [0.15, 0.2) is 45.3 Å². The van der Waals surface area contributed by atoms with E-state index in [0.717, 1.165) is 8.95 Å². The summed E-state index contributed by atoms with van der Waals surface area (Å²) >= 11 is 6.78. The van der Waals surface area contributed by atoms with Crippen LogP contribution in [-0.2, 0) is 6.61 Å². The van der Waals surface area contributed by atoms with Crippen molar-refractivity contribution in [3.63, 3.8) is 0 Å². The molecule has 2 aromatic rings. The zero-order valence-electron chi connectivity index (χ0n) is 10.7. The van der Waals surface area contributed by atoms with Crippen molar-refractivity contribution in [2.24, 2.45) is 5.84 Å². The van der Waals surface area contributed by atoms with E-state index in [1.807, 2.05) is 18.2 Å². The average molecular weight is 417 g/mol. The van der Waals surface area contributed by atoms with Gasteiger partial charge < -0.3 is 10.2 Å². The van der Waals surface area contributed by atoms with Crippen molar-refractivity contribution in [3.05, 3.63) is 61.0 Å². The number of hydrogen-bond donors (Lipinski definition) is 2. The van der Waals surface area contributed by atoms with Gasteiger partial charge in [0.1, 0.15) is 12.4 Å². The second-order valence-electron chi connectivity index (χ2n) is 4.08. The van der Waals surface area contributed by atoms with Gasteiger partial charge in [-0.25, -0.2) is 0 Å². The molecule has 0 unspecified atom stereocenters. The number of nitrogen functional groups attached to an aromatic ring is 1. The van der Waals surface area contributed by atoms with Gasteiger partial charge in [-0.15, -0.1) is 0 Å². The number of anilines is 1. The fraction of sp³-hybridized carbons (Fsp3) is 0.0769. The van der Waals surface area contributed by atoms with Crippen LogP contribution in [0.4, 0.5) is 11.4 Å². The second-order valence-corrected chi connectivity index (χ2v) is 5.79. The van der Waals surface area contributed by atoms with E-state index >= 15 is 0 Å². The first-order chi connectivity index (χ1) is 10.0. The number of rotatable bonds is 5. The Morgan fingerprint density at radius 1 is 1.24 bits per heavy atom. The number of nitro groups is 1. The molecular formula is C13H11Br2N3O3. The van der Waals surface area contributed by atoms with E-state index < -0.39 is 4.92 Å². The molecule has 2 aromatic carbocycles. The number of ether oxygens (including phenoxy) is 1. The fourth-order valence-electron chi connectivity index (χ4n) is 1.72. The summed E-state index contributed by atoms with van der Waals surface area (Å²) in [6.07, 6.45) is 0. The maximum Gasteiger partial charge on any atom is 0.269 e. The summed E-state index contributed by atoms with van der Waals surface area (Å²) in [6, 6.07) is 9.91. The van der Waals surface area contributed by atoms with Crippen molar-refractivity contribution >= 4 is 43.2 Å². The Labute approximate surface area is 137 Å². The number of benzene rings is 2. The Bertz CT molecular complexity index is 659. The summed E-state index contributed by atoms with van der Waals surface area (Å²) in [5.74, 6) is 6.03. The normalized spacial score (nSPS) is 10.2. The van der Waals surface area contributed by atoms with Crippen LogP contribution in [0.3, 0.4) is 0 Å². The second kappa shape index (κ2) is 6.88. The third-order valence-electron chi connectivity index (χ3n) is 2.75. The molecule has 0 bridgehead atoms. The minimum Gasteiger partial charge on any atom is -0.486 e. The maximum atomic E-state index is 10.8. The smallest absolute Gasteiger partial charge is 0.269 e. The standard InChI is InChI=1S/C13H11Br2N3O3/c14-10-2-1-3-11(15)13(10)21-7-8-6-9(18(19)20)4-5-12(8)17-16/h1-6,17H,7,16H2. The summed E-state index contributed by atoms with van der Waals surface area (Å²) in [5.41, 5.74) is 3.65. The molecule has 0 aliphatic rings. The molecule has 3 N–H and O–H groups in total. The molecule has 0 atom stereocenters. The number of nitrogens with two attached hydrogens (primary N) is 1. The van der Waals surface area contributed by atoms with E-state index in [1.165, 1.54) is 12.1 Å². The van der Waals surface area contributed by atoms with Crippen LogP contribution in [0, 0.1) is 10.1 Å². The van der Waals surface area contributed by atoms with Gasteiger partial charge in [0.25, 0.3) is 5.69 Å². The first-order valence-electron chi connectivity index (χ1n) is 5.83. The van der Waals surface area contributed by atoms with Crippen LogP contribution in [0.2, 0.25) is 0 Å². The van der Waals surface area contributed by atoms with Gasteiger partial charge in [0.15, 0.2) is 0 Å². The quantitative estimate of drug-likeness (QED) is 0.437. The SMILES string of the molecule is NNc1ccc([N+](=O)[O-])cc1COc1c(Br)cccc1Br.